The molecule has 0 bridgehead atoms. The monoisotopic (exact) mass is 234 g/mol. The van der Waals surface area contributed by atoms with Crippen molar-refractivity contribution in [2.75, 3.05) is 0 Å². The number of aliphatic imine (C=N–C) groups is 1. The van der Waals surface area contributed by atoms with Crippen LogP contribution < -0.4 is 11.1 Å². The van der Waals surface area contributed by atoms with Gasteiger partial charge in [-0.05, 0) is 5.56 Å². The van der Waals surface area contributed by atoms with Gasteiger partial charge in [0.25, 0.3) is 5.69 Å². The molecule has 1 aromatic carbocycles. The maximum atomic E-state index is 11.3. The van der Waals surface area contributed by atoms with Gasteiger partial charge in [-0.1, -0.05) is 12.1 Å². The smallest absolute Gasteiger partial charge is 0.269 e. The van der Waals surface area contributed by atoms with E-state index in [2.05, 4.69) is 10.3 Å². The van der Waals surface area contributed by atoms with Gasteiger partial charge in [0.05, 0.1) is 17.4 Å². The molecule has 0 saturated carbocycles. The van der Waals surface area contributed by atoms with Crippen LogP contribution in [-0.2, 0) is 4.79 Å². The summed E-state index contributed by atoms with van der Waals surface area (Å²) in [5, 5.41) is 13.0. The van der Waals surface area contributed by atoms with E-state index in [0.29, 0.717) is 5.56 Å². The van der Waals surface area contributed by atoms with Crippen LogP contribution in [0, 0.1) is 10.1 Å². The summed E-state index contributed by atoms with van der Waals surface area (Å²) >= 11 is 0. The number of benzene rings is 1. The maximum Gasteiger partial charge on any atom is 0.269 e. The Bertz CT molecular complexity index is 512. The zero-order valence-corrected chi connectivity index (χ0v) is 8.79. The van der Waals surface area contributed by atoms with E-state index in [1.165, 1.54) is 12.1 Å². The van der Waals surface area contributed by atoms with Crippen molar-refractivity contribution in [2.45, 2.75) is 12.5 Å². The largest absolute Gasteiger partial charge is 0.370 e. The summed E-state index contributed by atoms with van der Waals surface area (Å²) in [6.45, 7) is 0. The standard InChI is InChI=1S/C10H10N4O3/c11-10-12-8(5-9(15)13-10)6-2-1-3-7(4-6)14(16)17/h1-4,8H,5H2,(H3,11,12,13,15)/t8-/m1/s1. The molecule has 7 nitrogen and oxygen atoms in total. The van der Waals surface area contributed by atoms with Crippen molar-refractivity contribution in [3.63, 3.8) is 0 Å². The second-order valence-electron chi connectivity index (χ2n) is 3.63. The van der Waals surface area contributed by atoms with Crippen LogP contribution in [0.15, 0.2) is 29.3 Å². The van der Waals surface area contributed by atoms with Gasteiger partial charge in [0.1, 0.15) is 0 Å². The number of nitro benzene ring substituents is 1. The second kappa shape index (κ2) is 4.20. The summed E-state index contributed by atoms with van der Waals surface area (Å²) in [4.78, 5) is 25.5. The number of hydrogen-bond acceptors (Lipinski definition) is 5. The highest BCUT2D eigenvalue weighted by molar-refractivity contribution is 5.98. The number of carbonyl (C=O) groups excluding carboxylic acids is 1. The number of carbonyl (C=O) groups is 1. The van der Waals surface area contributed by atoms with E-state index >= 15 is 0 Å². The maximum absolute atomic E-state index is 11.3. The van der Waals surface area contributed by atoms with E-state index in [-0.39, 0.29) is 24.0 Å². The number of non-ortho nitro benzene ring substituents is 1. The first-order valence-corrected chi connectivity index (χ1v) is 4.94. The van der Waals surface area contributed by atoms with Gasteiger partial charge in [0.2, 0.25) is 5.91 Å². The van der Waals surface area contributed by atoms with Crippen LogP contribution in [0.1, 0.15) is 18.0 Å². The summed E-state index contributed by atoms with van der Waals surface area (Å²) in [5.41, 5.74) is 6.02. The van der Waals surface area contributed by atoms with Crippen LogP contribution >= 0.6 is 0 Å². The summed E-state index contributed by atoms with van der Waals surface area (Å²) in [6, 6.07) is 5.58. The molecule has 1 aromatic rings. The van der Waals surface area contributed by atoms with Crippen LogP contribution in [0.3, 0.4) is 0 Å². The molecule has 7 heteroatoms. The Hall–Kier alpha value is -2.44. The van der Waals surface area contributed by atoms with Gasteiger partial charge >= 0.3 is 0 Å². The van der Waals surface area contributed by atoms with Crippen molar-refractivity contribution >= 4 is 17.6 Å². The molecule has 17 heavy (non-hydrogen) atoms. The molecule has 0 fully saturated rings. The van der Waals surface area contributed by atoms with Gasteiger partial charge in [-0.15, -0.1) is 0 Å². The van der Waals surface area contributed by atoms with Gasteiger partial charge in [-0.2, -0.15) is 0 Å². The molecule has 1 aliphatic heterocycles. The predicted molar refractivity (Wildman–Crippen MR) is 60.2 cm³/mol. The van der Waals surface area contributed by atoms with Crippen molar-refractivity contribution in [1.29, 1.82) is 0 Å². The molecule has 0 aromatic heterocycles. The fourth-order valence-corrected chi connectivity index (χ4v) is 1.65. The molecule has 1 amide bonds. The van der Waals surface area contributed by atoms with Crippen molar-refractivity contribution in [1.82, 2.24) is 5.32 Å². The number of nitrogens with two attached hydrogens (primary N) is 1. The molecule has 0 saturated heterocycles. The minimum absolute atomic E-state index is 0.0257. The topological polar surface area (TPSA) is 111 Å². The Morgan fingerprint density at radius 3 is 2.94 bits per heavy atom. The fourth-order valence-electron chi connectivity index (χ4n) is 1.65. The number of hydrogen-bond donors (Lipinski definition) is 2. The Balaban J connectivity index is 2.34. The van der Waals surface area contributed by atoms with E-state index in [1.807, 2.05) is 0 Å². The molecule has 88 valence electrons. The summed E-state index contributed by atoms with van der Waals surface area (Å²) in [7, 11) is 0. The summed E-state index contributed by atoms with van der Waals surface area (Å²) < 4.78 is 0. The Morgan fingerprint density at radius 1 is 1.53 bits per heavy atom. The molecule has 0 aliphatic carbocycles. The van der Waals surface area contributed by atoms with Crippen LogP contribution in [0.25, 0.3) is 0 Å². The predicted octanol–water partition coefficient (Wildman–Crippen LogP) is 0.470. The number of nitrogens with zero attached hydrogens (tertiary/aromatic N) is 2. The third-order valence-electron chi connectivity index (χ3n) is 2.41. The second-order valence-corrected chi connectivity index (χ2v) is 3.63. The number of rotatable bonds is 2. The Morgan fingerprint density at radius 2 is 2.29 bits per heavy atom. The van der Waals surface area contributed by atoms with Crippen LogP contribution in [-0.4, -0.2) is 16.8 Å². The lowest BCUT2D eigenvalue weighted by Gasteiger charge is -2.18. The van der Waals surface area contributed by atoms with Gasteiger partial charge in [0.15, 0.2) is 5.96 Å². The molecule has 1 heterocycles. The van der Waals surface area contributed by atoms with Crippen LogP contribution in [0.2, 0.25) is 0 Å². The molecular weight excluding hydrogens is 224 g/mol. The number of nitrogens with one attached hydrogen (secondary N) is 1. The molecule has 2 rings (SSSR count). The molecule has 1 atom stereocenters. The van der Waals surface area contributed by atoms with Crippen LogP contribution in [0.5, 0.6) is 0 Å². The minimum Gasteiger partial charge on any atom is -0.370 e. The molecule has 0 unspecified atom stereocenters. The molecule has 0 spiro atoms. The Labute approximate surface area is 96.5 Å². The van der Waals surface area contributed by atoms with E-state index in [9.17, 15) is 14.9 Å². The Kier molecular flexibility index (Phi) is 2.73. The zero-order valence-electron chi connectivity index (χ0n) is 8.79. The first-order valence-electron chi connectivity index (χ1n) is 4.94. The number of guanidine groups is 1. The van der Waals surface area contributed by atoms with Crippen molar-refractivity contribution in [3.8, 4) is 0 Å². The third-order valence-corrected chi connectivity index (χ3v) is 2.41. The highest BCUT2D eigenvalue weighted by Gasteiger charge is 2.22. The third kappa shape index (κ3) is 2.39. The van der Waals surface area contributed by atoms with Crippen molar-refractivity contribution in [3.05, 3.63) is 39.9 Å². The summed E-state index contributed by atoms with van der Waals surface area (Å²) in [6.07, 6.45) is 0.141. The van der Waals surface area contributed by atoms with E-state index < -0.39 is 11.0 Å². The van der Waals surface area contributed by atoms with Gasteiger partial charge in [-0.3, -0.25) is 20.2 Å². The van der Waals surface area contributed by atoms with Crippen molar-refractivity contribution < 1.29 is 9.72 Å². The molecule has 1 aliphatic rings. The highest BCUT2D eigenvalue weighted by atomic mass is 16.6. The lowest BCUT2D eigenvalue weighted by Crippen LogP contribution is -2.41. The summed E-state index contributed by atoms with van der Waals surface area (Å²) in [5.74, 6) is -0.202. The van der Waals surface area contributed by atoms with Gasteiger partial charge in [-0.25, -0.2) is 4.99 Å². The van der Waals surface area contributed by atoms with Crippen LogP contribution in [0.4, 0.5) is 5.69 Å². The van der Waals surface area contributed by atoms with Gasteiger partial charge < -0.3 is 5.73 Å². The fraction of sp³-hybridized carbons (Fsp3) is 0.200. The average molecular weight is 234 g/mol. The van der Waals surface area contributed by atoms with Gasteiger partial charge in [0, 0.05) is 12.1 Å². The number of amides is 1. The van der Waals surface area contributed by atoms with E-state index in [0.717, 1.165) is 0 Å². The quantitative estimate of drug-likeness (QED) is 0.572. The molecule has 0 radical (unpaired) electrons. The lowest BCUT2D eigenvalue weighted by molar-refractivity contribution is -0.384. The zero-order chi connectivity index (χ0) is 12.4. The van der Waals surface area contributed by atoms with Crippen molar-refractivity contribution in [2.24, 2.45) is 10.7 Å². The highest BCUT2D eigenvalue weighted by Crippen LogP contribution is 2.26. The average Bonchev–Trinajstić information content (AvgIpc) is 2.28. The first-order chi connectivity index (χ1) is 8.06. The van der Waals surface area contributed by atoms with E-state index in [4.69, 9.17) is 5.73 Å². The number of nitro groups is 1. The minimum atomic E-state index is -0.487. The lowest BCUT2D eigenvalue weighted by atomic mass is 10.0. The molecular formula is C10H10N4O3. The normalized spacial score (nSPS) is 19.4. The van der Waals surface area contributed by atoms with E-state index in [1.54, 1.807) is 12.1 Å². The molecule has 3 N–H and O–H groups in total. The first kappa shape index (κ1) is 11.1. The SMILES string of the molecule is NC1=N[C@@H](c2cccc([N+](=O)[O-])c2)CC(=O)N1.